The third-order valence-electron chi connectivity index (χ3n) is 2.77. The molecule has 0 aliphatic carbocycles. The standard InChI is InChI=1S/C14H20FNO/c1-4-5-6-9-16(3)14-8-7-12(11(2)17)10-13(14)15/h4,7-8,10-11,17H,1,5-6,9H2,2-3H3/t11-/m0/s1. The van der Waals surface area contributed by atoms with Gasteiger partial charge in [0.1, 0.15) is 5.82 Å². The van der Waals surface area contributed by atoms with Gasteiger partial charge in [0, 0.05) is 13.6 Å². The molecule has 0 fully saturated rings. The summed E-state index contributed by atoms with van der Waals surface area (Å²) in [5, 5.41) is 9.36. The van der Waals surface area contributed by atoms with E-state index < -0.39 is 6.10 Å². The predicted octanol–water partition coefficient (Wildman–Crippen LogP) is 3.28. The first-order valence-electron chi connectivity index (χ1n) is 5.85. The van der Waals surface area contributed by atoms with Crippen LogP contribution < -0.4 is 4.90 Å². The number of allylic oxidation sites excluding steroid dienone is 1. The summed E-state index contributed by atoms with van der Waals surface area (Å²) in [4.78, 5) is 1.88. The first-order chi connectivity index (χ1) is 8.06. The monoisotopic (exact) mass is 237 g/mol. The Bertz CT molecular complexity index is 376. The van der Waals surface area contributed by atoms with Gasteiger partial charge in [-0.1, -0.05) is 12.1 Å². The highest BCUT2D eigenvalue weighted by Gasteiger charge is 2.09. The van der Waals surface area contributed by atoms with Crippen molar-refractivity contribution in [2.24, 2.45) is 0 Å². The molecule has 0 aliphatic rings. The second kappa shape index (κ2) is 6.40. The predicted molar refractivity (Wildman–Crippen MR) is 69.7 cm³/mol. The topological polar surface area (TPSA) is 23.5 Å². The van der Waals surface area contributed by atoms with E-state index in [0.717, 1.165) is 19.4 Å². The van der Waals surface area contributed by atoms with Gasteiger partial charge in [-0.15, -0.1) is 6.58 Å². The lowest BCUT2D eigenvalue weighted by atomic mass is 10.1. The maximum Gasteiger partial charge on any atom is 0.146 e. The van der Waals surface area contributed by atoms with Gasteiger partial charge < -0.3 is 10.0 Å². The smallest absolute Gasteiger partial charge is 0.146 e. The molecule has 3 heteroatoms. The molecule has 17 heavy (non-hydrogen) atoms. The molecule has 0 spiro atoms. The fourth-order valence-electron chi connectivity index (χ4n) is 1.69. The van der Waals surface area contributed by atoms with Crippen LogP contribution in [-0.2, 0) is 0 Å². The lowest BCUT2D eigenvalue weighted by Gasteiger charge is -2.20. The molecule has 0 heterocycles. The van der Waals surface area contributed by atoms with Crippen molar-refractivity contribution < 1.29 is 9.50 Å². The minimum atomic E-state index is -0.635. The van der Waals surface area contributed by atoms with Crippen molar-refractivity contribution in [3.63, 3.8) is 0 Å². The molecule has 0 aromatic heterocycles. The summed E-state index contributed by atoms with van der Waals surface area (Å²) < 4.78 is 13.8. The van der Waals surface area contributed by atoms with E-state index in [1.165, 1.54) is 6.07 Å². The van der Waals surface area contributed by atoms with Crippen LogP contribution in [0, 0.1) is 5.82 Å². The van der Waals surface area contributed by atoms with Crippen molar-refractivity contribution in [3.8, 4) is 0 Å². The van der Waals surface area contributed by atoms with E-state index in [1.54, 1.807) is 19.1 Å². The van der Waals surface area contributed by atoms with E-state index in [-0.39, 0.29) is 5.82 Å². The summed E-state index contributed by atoms with van der Waals surface area (Å²) in [5.74, 6) is -0.287. The number of halogens is 1. The van der Waals surface area contributed by atoms with Gasteiger partial charge in [-0.25, -0.2) is 4.39 Å². The van der Waals surface area contributed by atoms with Crippen LogP contribution in [0.15, 0.2) is 30.9 Å². The number of anilines is 1. The van der Waals surface area contributed by atoms with Gasteiger partial charge >= 0.3 is 0 Å². The third kappa shape index (κ3) is 3.86. The summed E-state index contributed by atoms with van der Waals surface area (Å²) in [6.45, 7) is 6.07. The van der Waals surface area contributed by atoms with E-state index >= 15 is 0 Å². The molecule has 1 rings (SSSR count). The molecule has 0 aliphatic heterocycles. The van der Waals surface area contributed by atoms with Gasteiger partial charge in [-0.05, 0) is 37.5 Å². The van der Waals surface area contributed by atoms with Crippen LogP contribution in [0.2, 0.25) is 0 Å². The Balaban J connectivity index is 2.73. The fraction of sp³-hybridized carbons (Fsp3) is 0.429. The number of aliphatic hydroxyl groups excluding tert-OH is 1. The van der Waals surface area contributed by atoms with Crippen molar-refractivity contribution in [1.29, 1.82) is 0 Å². The third-order valence-corrected chi connectivity index (χ3v) is 2.77. The number of hydrogen-bond acceptors (Lipinski definition) is 2. The van der Waals surface area contributed by atoms with Crippen LogP contribution in [0.25, 0.3) is 0 Å². The average molecular weight is 237 g/mol. The lowest BCUT2D eigenvalue weighted by Crippen LogP contribution is -2.19. The maximum atomic E-state index is 13.8. The average Bonchev–Trinajstić information content (AvgIpc) is 2.28. The van der Waals surface area contributed by atoms with Gasteiger partial charge in [-0.2, -0.15) is 0 Å². The zero-order chi connectivity index (χ0) is 12.8. The number of hydrogen-bond donors (Lipinski definition) is 1. The lowest BCUT2D eigenvalue weighted by molar-refractivity contribution is 0.199. The molecule has 0 saturated heterocycles. The van der Waals surface area contributed by atoms with Crippen LogP contribution >= 0.6 is 0 Å². The molecule has 1 aromatic carbocycles. The zero-order valence-electron chi connectivity index (χ0n) is 10.5. The van der Waals surface area contributed by atoms with Gasteiger partial charge in [-0.3, -0.25) is 0 Å². The summed E-state index contributed by atoms with van der Waals surface area (Å²) in [6, 6.07) is 4.86. The summed E-state index contributed by atoms with van der Waals surface area (Å²) >= 11 is 0. The van der Waals surface area contributed by atoms with E-state index in [9.17, 15) is 9.50 Å². The van der Waals surface area contributed by atoms with E-state index in [0.29, 0.717) is 11.3 Å². The fourth-order valence-corrected chi connectivity index (χ4v) is 1.69. The molecule has 0 radical (unpaired) electrons. The highest BCUT2D eigenvalue weighted by molar-refractivity contribution is 5.48. The second-order valence-corrected chi connectivity index (χ2v) is 4.24. The summed E-state index contributed by atoms with van der Waals surface area (Å²) in [6.07, 6.45) is 3.11. The Labute approximate surface area is 102 Å². The van der Waals surface area contributed by atoms with Crippen molar-refractivity contribution in [3.05, 3.63) is 42.2 Å². The van der Waals surface area contributed by atoms with Crippen molar-refractivity contribution in [1.82, 2.24) is 0 Å². The second-order valence-electron chi connectivity index (χ2n) is 4.24. The molecule has 0 bridgehead atoms. The summed E-state index contributed by atoms with van der Waals surface area (Å²) in [5.41, 5.74) is 1.17. The Hall–Kier alpha value is -1.35. The molecule has 0 saturated carbocycles. The van der Waals surface area contributed by atoms with Crippen LogP contribution in [0.5, 0.6) is 0 Å². The molecule has 2 nitrogen and oxygen atoms in total. The normalized spacial score (nSPS) is 12.2. The van der Waals surface area contributed by atoms with Gasteiger partial charge in [0.2, 0.25) is 0 Å². The van der Waals surface area contributed by atoms with E-state index in [4.69, 9.17) is 0 Å². The number of unbranched alkanes of at least 4 members (excludes halogenated alkanes) is 1. The van der Waals surface area contributed by atoms with Crippen molar-refractivity contribution in [2.75, 3.05) is 18.5 Å². The molecule has 94 valence electrons. The largest absolute Gasteiger partial charge is 0.389 e. The minimum absolute atomic E-state index is 0.287. The number of aliphatic hydroxyl groups is 1. The van der Waals surface area contributed by atoms with E-state index in [2.05, 4.69) is 6.58 Å². The quantitative estimate of drug-likeness (QED) is 0.606. The molecule has 0 unspecified atom stereocenters. The molecule has 1 N–H and O–H groups in total. The highest BCUT2D eigenvalue weighted by atomic mass is 19.1. The number of rotatable bonds is 6. The first kappa shape index (κ1) is 13.7. The SMILES string of the molecule is C=CCCCN(C)c1ccc([C@H](C)O)cc1F. The molecular formula is C14H20FNO. The minimum Gasteiger partial charge on any atom is -0.389 e. The van der Waals surface area contributed by atoms with Crippen LogP contribution in [0.4, 0.5) is 10.1 Å². The van der Waals surface area contributed by atoms with Gasteiger partial charge in [0.05, 0.1) is 11.8 Å². The molecular weight excluding hydrogens is 217 g/mol. The molecule has 0 amide bonds. The van der Waals surface area contributed by atoms with Crippen molar-refractivity contribution >= 4 is 5.69 Å². The Kier molecular flexibility index (Phi) is 5.16. The molecule has 1 aromatic rings. The van der Waals surface area contributed by atoms with Crippen LogP contribution in [0.1, 0.15) is 31.4 Å². The molecule has 1 atom stereocenters. The van der Waals surface area contributed by atoms with Gasteiger partial charge in [0.25, 0.3) is 0 Å². The zero-order valence-corrected chi connectivity index (χ0v) is 10.5. The van der Waals surface area contributed by atoms with Crippen molar-refractivity contribution in [2.45, 2.75) is 25.9 Å². The maximum absolute atomic E-state index is 13.8. The Morgan fingerprint density at radius 2 is 2.24 bits per heavy atom. The van der Waals surface area contributed by atoms with Gasteiger partial charge in [0.15, 0.2) is 0 Å². The van der Waals surface area contributed by atoms with E-state index in [1.807, 2.05) is 18.0 Å². The number of nitrogens with zero attached hydrogens (tertiary/aromatic N) is 1. The van der Waals surface area contributed by atoms with Crippen LogP contribution in [0.3, 0.4) is 0 Å². The van der Waals surface area contributed by atoms with Crippen LogP contribution in [-0.4, -0.2) is 18.7 Å². The first-order valence-corrected chi connectivity index (χ1v) is 5.85. The number of benzene rings is 1. The highest BCUT2D eigenvalue weighted by Crippen LogP contribution is 2.22. The Morgan fingerprint density at radius 1 is 1.53 bits per heavy atom. The summed E-state index contributed by atoms with van der Waals surface area (Å²) in [7, 11) is 1.86. The Morgan fingerprint density at radius 3 is 2.76 bits per heavy atom.